The van der Waals surface area contributed by atoms with Crippen LogP contribution in [0.1, 0.15) is 16.7 Å². The Hall–Kier alpha value is -2.06. The molecule has 2 nitrogen and oxygen atoms in total. The van der Waals surface area contributed by atoms with Crippen LogP contribution in [0.15, 0.2) is 54.7 Å². The van der Waals surface area contributed by atoms with Crippen LogP contribution in [-0.4, -0.2) is 11.5 Å². The minimum absolute atomic E-state index is 0.690. The zero-order valence-electron chi connectivity index (χ0n) is 10.9. The molecule has 0 aliphatic carbocycles. The summed E-state index contributed by atoms with van der Waals surface area (Å²) in [4.78, 5) is 3.41. The molecule has 2 aromatic carbocycles. The molecular formula is C17H18N2. The number of hydrogen-bond acceptors (Lipinski definition) is 1. The van der Waals surface area contributed by atoms with Crippen molar-refractivity contribution in [3.8, 4) is 0 Å². The average molecular weight is 250 g/mol. The lowest BCUT2D eigenvalue weighted by Crippen LogP contribution is -2.01. The molecule has 0 amide bonds. The number of fused-ring (bicyclic) bond motifs is 1. The van der Waals surface area contributed by atoms with Crippen LogP contribution in [0, 0.1) is 0 Å². The smallest absolute Gasteiger partial charge is 0.0492 e. The summed E-state index contributed by atoms with van der Waals surface area (Å²) < 4.78 is 0. The van der Waals surface area contributed by atoms with Crippen LogP contribution in [0.4, 0.5) is 0 Å². The van der Waals surface area contributed by atoms with Crippen molar-refractivity contribution in [2.75, 3.05) is 6.54 Å². The quantitative estimate of drug-likeness (QED) is 0.733. The average Bonchev–Trinajstić information content (AvgIpc) is 2.85. The summed E-state index contributed by atoms with van der Waals surface area (Å²) in [5.74, 6) is 0. The third-order valence-corrected chi connectivity index (χ3v) is 3.54. The molecule has 0 radical (unpaired) electrons. The van der Waals surface area contributed by atoms with Crippen molar-refractivity contribution in [3.63, 3.8) is 0 Å². The van der Waals surface area contributed by atoms with Gasteiger partial charge in [0.25, 0.3) is 0 Å². The van der Waals surface area contributed by atoms with Crippen LogP contribution in [0.3, 0.4) is 0 Å². The van der Waals surface area contributed by atoms with E-state index >= 15 is 0 Å². The fourth-order valence-electron chi connectivity index (χ4n) is 2.60. The topological polar surface area (TPSA) is 41.8 Å². The van der Waals surface area contributed by atoms with E-state index in [2.05, 4.69) is 59.7 Å². The van der Waals surface area contributed by atoms with Crippen molar-refractivity contribution < 1.29 is 0 Å². The number of aromatic nitrogens is 1. The second-order valence-electron chi connectivity index (χ2n) is 4.85. The van der Waals surface area contributed by atoms with Crippen LogP contribution < -0.4 is 5.73 Å². The number of hydrogen-bond donors (Lipinski definition) is 2. The molecule has 2 heteroatoms. The standard InChI is InChI=1S/C17H18N2/c18-10-9-15-12-19-17-14(7-4-8-16(15)17)11-13-5-2-1-3-6-13/h1-8,12,19H,9-11,18H2. The fourth-order valence-corrected chi connectivity index (χ4v) is 2.60. The summed E-state index contributed by atoms with van der Waals surface area (Å²) >= 11 is 0. The Bertz CT molecular complexity index is 668. The third-order valence-electron chi connectivity index (χ3n) is 3.54. The zero-order chi connectivity index (χ0) is 13.1. The molecule has 0 saturated carbocycles. The molecule has 3 aromatic rings. The maximum absolute atomic E-state index is 5.66. The van der Waals surface area contributed by atoms with Crippen molar-refractivity contribution in [3.05, 3.63) is 71.4 Å². The highest BCUT2D eigenvalue weighted by Crippen LogP contribution is 2.23. The van der Waals surface area contributed by atoms with Gasteiger partial charge < -0.3 is 10.7 Å². The predicted octanol–water partition coefficient (Wildman–Crippen LogP) is 3.26. The highest BCUT2D eigenvalue weighted by atomic mass is 14.7. The normalized spacial score (nSPS) is 11.0. The van der Waals surface area contributed by atoms with Crippen molar-refractivity contribution in [2.24, 2.45) is 5.73 Å². The maximum atomic E-state index is 5.66. The third kappa shape index (κ3) is 2.40. The first-order valence-corrected chi connectivity index (χ1v) is 6.70. The number of nitrogens with two attached hydrogens (primary N) is 1. The largest absolute Gasteiger partial charge is 0.361 e. The number of nitrogens with one attached hydrogen (secondary N) is 1. The van der Waals surface area contributed by atoms with Crippen LogP contribution in [0.2, 0.25) is 0 Å². The van der Waals surface area contributed by atoms with Gasteiger partial charge in [0, 0.05) is 17.1 Å². The van der Waals surface area contributed by atoms with E-state index in [1.54, 1.807) is 0 Å². The van der Waals surface area contributed by atoms with Gasteiger partial charge in [-0.15, -0.1) is 0 Å². The molecule has 0 spiro atoms. The molecule has 96 valence electrons. The molecule has 0 saturated heterocycles. The number of rotatable bonds is 4. The van der Waals surface area contributed by atoms with Gasteiger partial charge in [-0.2, -0.15) is 0 Å². The van der Waals surface area contributed by atoms with Crippen molar-refractivity contribution >= 4 is 10.9 Å². The number of para-hydroxylation sites is 1. The Morgan fingerprint density at radius 3 is 2.53 bits per heavy atom. The van der Waals surface area contributed by atoms with Gasteiger partial charge in [0.15, 0.2) is 0 Å². The van der Waals surface area contributed by atoms with E-state index in [0.29, 0.717) is 6.54 Å². The summed E-state index contributed by atoms with van der Waals surface area (Å²) in [6, 6.07) is 17.1. The minimum Gasteiger partial charge on any atom is -0.361 e. The van der Waals surface area contributed by atoms with Gasteiger partial charge in [-0.05, 0) is 36.1 Å². The molecule has 1 heterocycles. The molecule has 19 heavy (non-hydrogen) atoms. The SMILES string of the molecule is NCCc1c[nH]c2c(Cc3ccccc3)cccc12. The Kier molecular flexibility index (Phi) is 3.34. The van der Waals surface area contributed by atoms with Gasteiger partial charge in [0.05, 0.1) is 0 Å². The van der Waals surface area contributed by atoms with E-state index in [0.717, 1.165) is 12.8 Å². The Balaban J connectivity index is 2.00. The predicted molar refractivity (Wildman–Crippen MR) is 80.3 cm³/mol. The molecule has 3 N–H and O–H groups in total. The number of benzene rings is 2. The summed E-state index contributed by atoms with van der Waals surface area (Å²) in [5, 5.41) is 1.30. The van der Waals surface area contributed by atoms with Crippen molar-refractivity contribution in [2.45, 2.75) is 12.8 Å². The van der Waals surface area contributed by atoms with E-state index in [1.165, 1.54) is 27.6 Å². The van der Waals surface area contributed by atoms with Crippen LogP contribution in [0.5, 0.6) is 0 Å². The van der Waals surface area contributed by atoms with Gasteiger partial charge in [-0.25, -0.2) is 0 Å². The Labute approximate surface area is 113 Å². The van der Waals surface area contributed by atoms with Gasteiger partial charge >= 0.3 is 0 Å². The molecule has 0 aliphatic rings. The van der Waals surface area contributed by atoms with Gasteiger partial charge in [0.2, 0.25) is 0 Å². The zero-order valence-corrected chi connectivity index (χ0v) is 10.9. The molecule has 0 aliphatic heterocycles. The second kappa shape index (κ2) is 5.29. The van der Waals surface area contributed by atoms with E-state index in [-0.39, 0.29) is 0 Å². The lowest BCUT2D eigenvalue weighted by molar-refractivity contribution is 0.976. The molecule has 0 bridgehead atoms. The van der Waals surface area contributed by atoms with E-state index in [1.807, 2.05) is 0 Å². The number of H-pyrrole nitrogens is 1. The molecule has 3 rings (SSSR count). The summed E-state index contributed by atoms with van der Waals surface area (Å²) in [6.07, 6.45) is 3.97. The lowest BCUT2D eigenvalue weighted by Gasteiger charge is -2.04. The lowest BCUT2D eigenvalue weighted by atomic mass is 10.0. The molecule has 0 unspecified atom stereocenters. The highest BCUT2D eigenvalue weighted by molar-refractivity contribution is 5.86. The van der Waals surface area contributed by atoms with Gasteiger partial charge in [0.1, 0.15) is 0 Å². The molecule has 1 aromatic heterocycles. The van der Waals surface area contributed by atoms with Crippen LogP contribution in [0.25, 0.3) is 10.9 Å². The monoisotopic (exact) mass is 250 g/mol. The molecular weight excluding hydrogens is 232 g/mol. The first kappa shape index (κ1) is 12.0. The van der Waals surface area contributed by atoms with E-state index in [4.69, 9.17) is 5.73 Å². The van der Waals surface area contributed by atoms with Crippen LogP contribution >= 0.6 is 0 Å². The summed E-state index contributed by atoms with van der Waals surface area (Å²) in [5.41, 5.74) is 10.9. The first-order valence-electron chi connectivity index (χ1n) is 6.70. The van der Waals surface area contributed by atoms with Crippen molar-refractivity contribution in [1.29, 1.82) is 0 Å². The highest BCUT2D eigenvalue weighted by Gasteiger charge is 2.07. The van der Waals surface area contributed by atoms with E-state index < -0.39 is 0 Å². The maximum Gasteiger partial charge on any atom is 0.0492 e. The summed E-state index contributed by atoms with van der Waals surface area (Å²) in [6.45, 7) is 0.690. The second-order valence-corrected chi connectivity index (χ2v) is 4.85. The minimum atomic E-state index is 0.690. The van der Waals surface area contributed by atoms with Gasteiger partial charge in [-0.1, -0.05) is 48.5 Å². The number of aromatic amines is 1. The summed E-state index contributed by atoms with van der Waals surface area (Å²) in [7, 11) is 0. The molecule has 0 fully saturated rings. The van der Waals surface area contributed by atoms with Gasteiger partial charge in [-0.3, -0.25) is 0 Å². The molecule has 0 atom stereocenters. The van der Waals surface area contributed by atoms with Crippen LogP contribution in [-0.2, 0) is 12.8 Å². The fraction of sp³-hybridized carbons (Fsp3) is 0.176. The Morgan fingerprint density at radius 1 is 0.895 bits per heavy atom. The van der Waals surface area contributed by atoms with Crippen molar-refractivity contribution in [1.82, 2.24) is 4.98 Å². The van der Waals surface area contributed by atoms with E-state index in [9.17, 15) is 0 Å². The Morgan fingerprint density at radius 2 is 1.74 bits per heavy atom. The first-order chi connectivity index (χ1) is 9.38.